The van der Waals surface area contributed by atoms with Crippen LogP contribution in [0.4, 0.5) is 52.7 Å². The smallest absolute Gasteiger partial charge is 0.316 e. The molecule has 0 spiro atoms. The summed E-state index contributed by atoms with van der Waals surface area (Å²) in [5.41, 5.74) is -4.61. The van der Waals surface area contributed by atoms with Crippen molar-refractivity contribution in [3.63, 3.8) is 0 Å². The van der Waals surface area contributed by atoms with Gasteiger partial charge in [-0.1, -0.05) is 75.2 Å². The van der Waals surface area contributed by atoms with Gasteiger partial charge in [0.15, 0.2) is 0 Å². The van der Waals surface area contributed by atoms with Crippen LogP contribution in [0.25, 0.3) is 54.9 Å². The summed E-state index contributed by atoms with van der Waals surface area (Å²) in [5, 5.41) is 2.08. The third-order valence-electron chi connectivity index (χ3n) is 11.3. The van der Waals surface area contributed by atoms with Gasteiger partial charge in [0, 0.05) is 22.3 Å². The molecule has 0 unspecified atom stereocenters. The van der Waals surface area contributed by atoms with E-state index in [-0.39, 0.29) is 52.0 Å². The summed E-state index contributed by atoms with van der Waals surface area (Å²) in [6.07, 6.45) is -17.9. The molecule has 6 aromatic rings. The Morgan fingerprint density at radius 3 is 1.07 bits per heavy atom. The molecule has 0 radical (unpaired) electrons. The fourth-order valence-corrected chi connectivity index (χ4v) is 8.56. The van der Waals surface area contributed by atoms with Crippen LogP contribution in [0.2, 0.25) is 0 Å². The Hall–Kier alpha value is -5.04. The number of nitrogens with zero attached hydrogens (tertiary/aromatic N) is 1. The predicted octanol–water partition coefficient (Wildman–Crippen LogP) is 15.5. The zero-order chi connectivity index (χ0) is 42.7. The Kier molecular flexibility index (Phi) is 10.9. The first kappa shape index (κ1) is 42.1. The maximum absolute atomic E-state index is 14.4. The lowest BCUT2D eigenvalue weighted by Gasteiger charge is -2.39. The molecule has 1 heterocycles. The van der Waals surface area contributed by atoms with Gasteiger partial charge in [0.05, 0.1) is 35.3 Å². The van der Waals surface area contributed by atoms with Gasteiger partial charge in [0.25, 0.3) is 0 Å². The van der Waals surface area contributed by atoms with E-state index in [4.69, 9.17) is 0 Å². The van der Waals surface area contributed by atoms with E-state index in [2.05, 4.69) is 0 Å². The number of fused-ring (bicyclic) bond motifs is 7. The highest BCUT2D eigenvalue weighted by Gasteiger charge is 2.42. The average Bonchev–Trinajstić information content (AvgIpc) is 3.32. The Bertz CT molecular complexity index is 2300. The Balaban J connectivity index is 1.71. The van der Waals surface area contributed by atoms with Gasteiger partial charge in [-0.3, -0.25) is 0 Å². The lowest BCUT2D eigenvalue weighted by atomic mass is 9.81. The van der Waals surface area contributed by atoms with Crippen molar-refractivity contribution >= 4 is 21.5 Å². The Labute approximate surface area is 332 Å². The molecule has 13 heteroatoms. The molecule has 0 atom stereocenters. The lowest BCUT2D eigenvalue weighted by molar-refractivity contribution is -0.953. The van der Waals surface area contributed by atoms with Crippen molar-refractivity contribution in [1.29, 1.82) is 0 Å². The van der Waals surface area contributed by atoms with Crippen molar-refractivity contribution in [1.82, 2.24) is 0 Å². The van der Waals surface area contributed by atoms with E-state index in [1.807, 2.05) is 13.8 Å². The molecule has 0 bridgehead atoms. The Morgan fingerprint density at radius 2 is 0.763 bits per heavy atom. The van der Waals surface area contributed by atoms with E-state index >= 15 is 0 Å². The minimum absolute atomic E-state index is 0.0748. The molecule has 0 aromatic heterocycles. The van der Waals surface area contributed by atoms with Gasteiger partial charge >= 0.3 is 24.7 Å². The molecule has 0 aliphatic carbocycles. The summed E-state index contributed by atoms with van der Waals surface area (Å²) < 4.78 is 173. The molecule has 0 amide bonds. The third-order valence-corrected chi connectivity index (χ3v) is 11.3. The first-order valence-electron chi connectivity index (χ1n) is 19.2. The molecule has 0 saturated carbocycles. The van der Waals surface area contributed by atoms with Crippen LogP contribution in [-0.2, 0) is 37.8 Å². The number of quaternary nitrogens is 1. The summed E-state index contributed by atoms with van der Waals surface area (Å²) in [6.45, 7) is 5.03. The molecule has 1 aliphatic rings. The fourth-order valence-electron chi connectivity index (χ4n) is 8.56. The zero-order valence-corrected chi connectivity index (χ0v) is 31.9. The predicted molar refractivity (Wildman–Crippen MR) is 205 cm³/mol. The van der Waals surface area contributed by atoms with Crippen molar-refractivity contribution in [3.05, 3.63) is 130 Å². The number of halogens is 12. The number of unbranched alkanes of at least 4 members (excludes halogenated alkanes) is 2. The molecule has 0 saturated heterocycles. The maximum atomic E-state index is 14.4. The van der Waals surface area contributed by atoms with Gasteiger partial charge in [-0.15, -0.1) is 0 Å². The molecule has 59 heavy (non-hydrogen) atoms. The minimum Gasteiger partial charge on any atom is -0.316 e. The second kappa shape index (κ2) is 15.2. The van der Waals surface area contributed by atoms with Crippen molar-refractivity contribution in [2.24, 2.45) is 0 Å². The highest BCUT2D eigenvalue weighted by molar-refractivity contribution is 6.12. The quantitative estimate of drug-likeness (QED) is 0.106. The molecule has 1 nitrogen and oxygen atoms in total. The molecular weight excluding hydrogens is 794 g/mol. The van der Waals surface area contributed by atoms with Crippen LogP contribution in [0.15, 0.2) is 97.1 Å². The summed E-state index contributed by atoms with van der Waals surface area (Å²) in [5.74, 6) is 0. The van der Waals surface area contributed by atoms with Crippen LogP contribution in [-0.4, -0.2) is 17.6 Å². The molecule has 1 aliphatic heterocycles. The summed E-state index contributed by atoms with van der Waals surface area (Å²) in [4.78, 5) is 0. The van der Waals surface area contributed by atoms with Crippen LogP contribution in [0, 0.1) is 0 Å². The van der Waals surface area contributed by atoms with Gasteiger partial charge in [-0.2, -0.15) is 52.7 Å². The summed E-state index contributed by atoms with van der Waals surface area (Å²) in [6, 6.07) is 19.8. The van der Waals surface area contributed by atoms with Crippen molar-refractivity contribution in [2.75, 3.05) is 13.1 Å². The SMILES string of the molecule is CCCC[N+]1(CCCC)Cc2c(-c3cc(C(F)(F)F)cc(C(F)(F)F)c3)cc3ccccc3c2-c2c(c(-c3cc(C(F)(F)F)cc(C(F)(F)F)c3)cc3ccccc23)C1. The highest BCUT2D eigenvalue weighted by atomic mass is 19.4. The van der Waals surface area contributed by atoms with Gasteiger partial charge in [-0.25, -0.2) is 0 Å². The number of alkyl halides is 12. The first-order valence-corrected chi connectivity index (χ1v) is 19.2. The molecule has 6 aromatic carbocycles. The maximum Gasteiger partial charge on any atom is 0.416 e. The van der Waals surface area contributed by atoms with E-state index in [1.54, 1.807) is 60.7 Å². The van der Waals surface area contributed by atoms with Gasteiger partial charge in [0.2, 0.25) is 0 Å². The monoisotopic (exact) mass is 832 g/mol. The van der Waals surface area contributed by atoms with Crippen LogP contribution >= 0.6 is 0 Å². The molecule has 7 rings (SSSR count). The summed E-state index contributed by atoms with van der Waals surface area (Å²) >= 11 is 0. The number of rotatable bonds is 8. The largest absolute Gasteiger partial charge is 0.416 e. The average molecular weight is 833 g/mol. The van der Waals surface area contributed by atoms with E-state index in [0.29, 0.717) is 107 Å². The normalized spacial score (nSPS) is 14.7. The van der Waals surface area contributed by atoms with Gasteiger partial charge < -0.3 is 4.48 Å². The van der Waals surface area contributed by atoms with Crippen LogP contribution in [0.1, 0.15) is 72.9 Å². The summed E-state index contributed by atoms with van der Waals surface area (Å²) in [7, 11) is 0. The van der Waals surface area contributed by atoms with Gasteiger partial charge in [0.1, 0.15) is 13.1 Å². The van der Waals surface area contributed by atoms with Crippen molar-refractivity contribution in [3.8, 4) is 33.4 Å². The number of hydrogen-bond donors (Lipinski definition) is 0. The molecule has 0 N–H and O–H groups in total. The molecule has 0 fully saturated rings. The number of hydrogen-bond acceptors (Lipinski definition) is 0. The van der Waals surface area contributed by atoms with Crippen LogP contribution in [0.5, 0.6) is 0 Å². The topological polar surface area (TPSA) is 0 Å². The first-order chi connectivity index (χ1) is 27.6. The van der Waals surface area contributed by atoms with Crippen LogP contribution in [0.3, 0.4) is 0 Å². The van der Waals surface area contributed by atoms with E-state index in [9.17, 15) is 52.7 Å². The van der Waals surface area contributed by atoms with Gasteiger partial charge in [-0.05, 0) is 105 Å². The standard InChI is InChI=1S/C46H38F12N/c1-3-5-15-59(16-6-4-2)25-39-37(29-17-31(43(47,48)49)23-32(18-29)44(50,51)52)21-27-11-7-9-13-35(27)41(39)42-36-14-10-8-12-28(36)22-38(40(42)26-59)30-19-33(45(53,54)55)24-34(20-30)46(56,57)58/h7-14,17-24H,3-6,15-16,25-26H2,1-2H3/q+1. The van der Waals surface area contributed by atoms with Crippen LogP contribution < -0.4 is 0 Å². The second-order valence-corrected chi connectivity index (χ2v) is 15.4. The fraction of sp³-hybridized carbons (Fsp3) is 0.304. The lowest BCUT2D eigenvalue weighted by Crippen LogP contribution is -2.47. The van der Waals surface area contributed by atoms with E-state index in [0.717, 1.165) is 0 Å². The highest BCUT2D eigenvalue weighted by Crippen LogP contribution is 2.52. The number of benzene rings is 6. The third kappa shape index (κ3) is 8.27. The van der Waals surface area contributed by atoms with Crippen molar-refractivity contribution < 1.29 is 57.2 Å². The van der Waals surface area contributed by atoms with E-state index < -0.39 is 47.0 Å². The zero-order valence-electron chi connectivity index (χ0n) is 31.9. The van der Waals surface area contributed by atoms with Crippen molar-refractivity contribution in [2.45, 2.75) is 77.3 Å². The minimum atomic E-state index is -5.14. The second-order valence-electron chi connectivity index (χ2n) is 15.4. The molecular formula is C46H38F12N+. The molecule has 310 valence electrons. The van der Waals surface area contributed by atoms with E-state index in [1.165, 1.54) is 0 Å². The Morgan fingerprint density at radius 1 is 0.441 bits per heavy atom.